The molecule has 1 heterocycles. The van der Waals surface area contributed by atoms with E-state index in [-0.39, 0.29) is 0 Å². The summed E-state index contributed by atoms with van der Waals surface area (Å²) in [4.78, 5) is 5.60. The van der Waals surface area contributed by atoms with Crippen molar-refractivity contribution in [3.05, 3.63) is 51.5 Å². The highest BCUT2D eigenvalue weighted by molar-refractivity contribution is 7.11. The highest BCUT2D eigenvalue weighted by atomic mass is 35.5. The number of thiazole rings is 1. The van der Waals surface area contributed by atoms with Crippen molar-refractivity contribution in [1.82, 2.24) is 4.98 Å². The molecule has 0 aliphatic carbocycles. The van der Waals surface area contributed by atoms with Gasteiger partial charge in [-0.1, -0.05) is 29.8 Å². The van der Waals surface area contributed by atoms with Gasteiger partial charge in [-0.3, -0.25) is 0 Å². The molecule has 17 heavy (non-hydrogen) atoms. The van der Waals surface area contributed by atoms with Crippen LogP contribution in [-0.4, -0.2) is 10.9 Å². The summed E-state index contributed by atoms with van der Waals surface area (Å²) in [7, 11) is 0. The van der Waals surface area contributed by atoms with Crippen molar-refractivity contribution in [1.29, 1.82) is 0 Å². The smallest absolute Gasteiger partial charge is 0.0896 e. The Labute approximate surface area is 111 Å². The molecule has 0 bridgehead atoms. The minimum absolute atomic E-state index is 0.386. The number of aryl methyl sites for hydroxylation is 2. The van der Waals surface area contributed by atoms with Gasteiger partial charge in [0.05, 0.1) is 5.01 Å². The first-order valence-electron chi connectivity index (χ1n) is 5.73. The third-order valence-corrected chi connectivity index (χ3v) is 4.16. The summed E-state index contributed by atoms with van der Waals surface area (Å²) in [6, 6.07) is 8.64. The van der Waals surface area contributed by atoms with Crippen molar-refractivity contribution in [3.63, 3.8) is 0 Å². The van der Waals surface area contributed by atoms with E-state index in [0.29, 0.717) is 11.8 Å². The number of hydrogen-bond acceptors (Lipinski definition) is 2. The first-order chi connectivity index (χ1) is 8.19. The van der Waals surface area contributed by atoms with Gasteiger partial charge in [-0.2, -0.15) is 0 Å². The maximum atomic E-state index is 6.08. The number of nitrogens with zero attached hydrogens (tertiary/aromatic N) is 1. The molecule has 1 aromatic carbocycles. The van der Waals surface area contributed by atoms with Gasteiger partial charge in [0.15, 0.2) is 0 Å². The summed E-state index contributed by atoms with van der Waals surface area (Å²) in [6.45, 7) is 4.14. The molecule has 1 unspecified atom stereocenters. The fraction of sp³-hybridized carbons (Fsp3) is 0.357. The van der Waals surface area contributed by atoms with E-state index in [1.54, 1.807) is 11.3 Å². The third kappa shape index (κ3) is 3.30. The minimum atomic E-state index is 0.386. The molecule has 0 N–H and O–H groups in total. The Hall–Kier alpha value is -0.860. The number of aromatic nitrogens is 1. The molecule has 0 spiro atoms. The van der Waals surface area contributed by atoms with Crippen molar-refractivity contribution in [2.45, 2.75) is 26.2 Å². The molecule has 0 fully saturated rings. The Morgan fingerprint density at radius 2 is 1.94 bits per heavy atom. The van der Waals surface area contributed by atoms with Gasteiger partial charge in [0.1, 0.15) is 0 Å². The first kappa shape index (κ1) is 12.6. The SMILES string of the molecule is Cc1ccc(C(CCl)Cc2cnc(C)s2)cc1. The van der Waals surface area contributed by atoms with E-state index >= 15 is 0 Å². The lowest BCUT2D eigenvalue weighted by molar-refractivity contribution is 0.774. The second-order valence-corrected chi connectivity index (χ2v) is 5.94. The highest BCUT2D eigenvalue weighted by Gasteiger charge is 2.12. The molecule has 0 radical (unpaired) electrons. The zero-order valence-electron chi connectivity index (χ0n) is 10.1. The molecule has 2 aromatic rings. The quantitative estimate of drug-likeness (QED) is 0.750. The van der Waals surface area contributed by atoms with Gasteiger partial charge in [0, 0.05) is 22.9 Å². The summed E-state index contributed by atoms with van der Waals surface area (Å²) in [5.74, 6) is 1.04. The number of hydrogen-bond donors (Lipinski definition) is 0. The van der Waals surface area contributed by atoms with Crippen LogP contribution < -0.4 is 0 Å². The maximum Gasteiger partial charge on any atom is 0.0896 e. The Morgan fingerprint density at radius 3 is 2.47 bits per heavy atom. The Kier molecular flexibility index (Phi) is 4.19. The first-order valence-corrected chi connectivity index (χ1v) is 7.08. The summed E-state index contributed by atoms with van der Waals surface area (Å²) >= 11 is 7.84. The summed E-state index contributed by atoms with van der Waals surface area (Å²) in [5, 5.41) is 1.12. The van der Waals surface area contributed by atoms with E-state index in [4.69, 9.17) is 11.6 Å². The average molecular weight is 266 g/mol. The van der Waals surface area contributed by atoms with Crippen LogP contribution in [0.25, 0.3) is 0 Å². The molecule has 1 atom stereocenters. The molecular formula is C14H16ClNS. The van der Waals surface area contributed by atoms with Crippen LogP contribution in [0.2, 0.25) is 0 Å². The van der Waals surface area contributed by atoms with Gasteiger partial charge in [-0.05, 0) is 25.8 Å². The van der Waals surface area contributed by atoms with E-state index in [0.717, 1.165) is 11.4 Å². The Morgan fingerprint density at radius 1 is 1.24 bits per heavy atom. The van der Waals surface area contributed by atoms with Gasteiger partial charge in [-0.25, -0.2) is 4.98 Å². The molecule has 90 valence electrons. The van der Waals surface area contributed by atoms with Crippen LogP contribution in [0.1, 0.15) is 26.9 Å². The van der Waals surface area contributed by atoms with Crippen LogP contribution >= 0.6 is 22.9 Å². The lowest BCUT2D eigenvalue weighted by Crippen LogP contribution is -2.03. The van der Waals surface area contributed by atoms with Gasteiger partial charge >= 0.3 is 0 Å². The molecule has 1 aromatic heterocycles. The van der Waals surface area contributed by atoms with Crippen LogP contribution in [0.5, 0.6) is 0 Å². The number of alkyl halides is 1. The van der Waals surface area contributed by atoms with Crippen molar-refractivity contribution < 1.29 is 0 Å². The molecule has 0 saturated carbocycles. The van der Waals surface area contributed by atoms with Crippen LogP contribution in [0.4, 0.5) is 0 Å². The fourth-order valence-corrected chi connectivity index (χ4v) is 3.00. The van der Waals surface area contributed by atoms with Gasteiger partial charge in [-0.15, -0.1) is 22.9 Å². The number of benzene rings is 1. The summed E-state index contributed by atoms with van der Waals surface area (Å²) < 4.78 is 0. The molecule has 0 saturated heterocycles. The molecule has 2 rings (SSSR count). The van der Waals surface area contributed by atoms with Gasteiger partial charge < -0.3 is 0 Å². The Balaban J connectivity index is 2.13. The lowest BCUT2D eigenvalue weighted by Gasteiger charge is -2.13. The van der Waals surface area contributed by atoms with Gasteiger partial charge in [0.25, 0.3) is 0 Å². The van der Waals surface area contributed by atoms with E-state index in [2.05, 4.69) is 36.2 Å². The Bertz CT molecular complexity index is 475. The molecule has 0 aliphatic heterocycles. The van der Waals surface area contributed by atoms with Crippen molar-refractivity contribution in [2.75, 3.05) is 5.88 Å². The minimum Gasteiger partial charge on any atom is -0.250 e. The topological polar surface area (TPSA) is 12.9 Å². The number of rotatable bonds is 4. The lowest BCUT2D eigenvalue weighted by atomic mass is 9.96. The zero-order valence-corrected chi connectivity index (χ0v) is 11.7. The van der Waals surface area contributed by atoms with Crippen molar-refractivity contribution in [2.24, 2.45) is 0 Å². The molecule has 0 amide bonds. The van der Waals surface area contributed by atoms with E-state index < -0.39 is 0 Å². The van der Waals surface area contributed by atoms with Gasteiger partial charge in [0.2, 0.25) is 0 Å². The largest absolute Gasteiger partial charge is 0.250 e. The summed E-state index contributed by atoms with van der Waals surface area (Å²) in [6.07, 6.45) is 2.95. The summed E-state index contributed by atoms with van der Waals surface area (Å²) in [5.41, 5.74) is 2.60. The van der Waals surface area contributed by atoms with Crippen molar-refractivity contribution >= 4 is 22.9 Å². The molecule has 0 aliphatic rings. The maximum absolute atomic E-state index is 6.08. The predicted octanol–water partition coefficient (Wildman–Crippen LogP) is 4.33. The average Bonchev–Trinajstić information content (AvgIpc) is 2.73. The second-order valence-electron chi connectivity index (χ2n) is 4.31. The standard InChI is InChI=1S/C14H16ClNS/c1-10-3-5-12(6-4-10)13(8-15)7-14-9-16-11(2)17-14/h3-6,9,13H,7-8H2,1-2H3. The van der Waals surface area contributed by atoms with E-state index in [1.807, 2.05) is 13.1 Å². The monoisotopic (exact) mass is 265 g/mol. The molecule has 1 nitrogen and oxygen atoms in total. The second kappa shape index (κ2) is 5.65. The van der Waals surface area contributed by atoms with Crippen LogP contribution in [0.15, 0.2) is 30.5 Å². The van der Waals surface area contributed by atoms with Crippen LogP contribution in [0, 0.1) is 13.8 Å². The van der Waals surface area contributed by atoms with Crippen molar-refractivity contribution in [3.8, 4) is 0 Å². The normalized spacial score (nSPS) is 12.6. The fourth-order valence-electron chi connectivity index (χ4n) is 1.84. The van der Waals surface area contributed by atoms with Crippen LogP contribution in [0.3, 0.4) is 0 Å². The highest BCUT2D eigenvalue weighted by Crippen LogP contribution is 2.25. The third-order valence-electron chi connectivity index (χ3n) is 2.85. The van der Waals surface area contributed by atoms with E-state index in [9.17, 15) is 0 Å². The zero-order chi connectivity index (χ0) is 12.3. The van der Waals surface area contributed by atoms with Crippen LogP contribution in [-0.2, 0) is 6.42 Å². The molecular weight excluding hydrogens is 250 g/mol. The number of halogens is 1. The predicted molar refractivity (Wildman–Crippen MR) is 75.2 cm³/mol. The molecule has 3 heteroatoms. The van der Waals surface area contributed by atoms with E-state index in [1.165, 1.54) is 16.0 Å².